The van der Waals surface area contributed by atoms with Gasteiger partial charge in [-0.2, -0.15) is 13.2 Å². The molecule has 0 saturated heterocycles. The van der Waals surface area contributed by atoms with E-state index in [0.717, 1.165) is 0 Å². The first kappa shape index (κ1) is 18.9. The summed E-state index contributed by atoms with van der Waals surface area (Å²) in [6, 6.07) is -1.24. The van der Waals surface area contributed by atoms with Gasteiger partial charge in [0, 0.05) is 5.57 Å². The van der Waals surface area contributed by atoms with Crippen molar-refractivity contribution in [1.82, 2.24) is 5.32 Å². The average molecular weight is 309 g/mol. The van der Waals surface area contributed by atoms with Gasteiger partial charge in [-0.1, -0.05) is 5.57 Å². The number of hydrogen-bond donors (Lipinski definition) is 3. The van der Waals surface area contributed by atoms with Crippen molar-refractivity contribution >= 4 is 17.7 Å². The van der Waals surface area contributed by atoms with E-state index in [1.165, 1.54) is 6.92 Å². The van der Waals surface area contributed by atoms with E-state index in [1.807, 2.05) is 5.32 Å². The first-order chi connectivity index (χ1) is 9.44. The number of carbonyl (C=O) groups excluding carboxylic acids is 3. The predicted molar refractivity (Wildman–Crippen MR) is 68.6 cm³/mol. The molecule has 21 heavy (non-hydrogen) atoms. The highest BCUT2D eigenvalue weighted by Crippen LogP contribution is 2.19. The molecule has 1 unspecified atom stereocenters. The largest absolute Gasteiger partial charge is 0.397 e. The molecule has 0 spiro atoms. The lowest BCUT2D eigenvalue weighted by molar-refractivity contribution is -0.155. The van der Waals surface area contributed by atoms with Crippen LogP contribution in [0.25, 0.3) is 0 Å². The molecule has 120 valence electrons. The Balaban J connectivity index is 4.67. The van der Waals surface area contributed by atoms with Crippen LogP contribution in [0.3, 0.4) is 0 Å². The van der Waals surface area contributed by atoms with Gasteiger partial charge >= 0.3 is 6.18 Å². The van der Waals surface area contributed by atoms with E-state index in [2.05, 4.69) is 0 Å². The van der Waals surface area contributed by atoms with Crippen molar-refractivity contribution in [3.8, 4) is 0 Å². The molecule has 0 radical (unpaired) electrons. The molecule has 0 aromatic rings. The van der Waals surface area contributed by atoms with E-state index < -0.39 is 36.4 Å². The lowest BCUT2D eigenvalue weighted by Gasteiger charge is -2.16. The van der Waals surface area contributed by atoms with Crippen molar-refractivity contribution in [1.29, 1.82) is 0 Å². The molecule has 0 aliphatic rings. The van der Waals surface area contributed by atoms with Gasteiger partial charge in [-0.05, 0) is 26.7 Å². The highest BCUT2D eigenvalue weighted by Gasteiger charge is 2.32. The third kappa shape index (κ3) is 7.95. The van der Waals surface area contributed by atoms with Crippen molar-refractivity contribution in [3.05, 3.63) is 11.1 Å². The molecule has 0 heterocycles. The number of nitrogens with two attached hydrogens (primary N) is 2. The lowest BCUT2D eigenvalue weighted by atomic mass is 10.0. The molecule has 0 saturated carbocycles. The van der Waals surface area contributed by atoms with Gasteiger partial charge in [0.05, 0.1) is 0 Å². The Morgan fingerprint density at radius 3 is 2.05 bits per heavy atom. The fraction of sp³-hybridized carbons (Fsp3) is 0.583. The third-order valence-corrected chi connectivity index (χ3v) is 2.86. The van der Waals surface area contributed by atoms with Crippen LogP contribution >= 0.6 is 0 Å². The maximum absolute atomic E-state index is 12.0. The van der Waals surface area contributed by atoms with Crippen LogP contribution in [0.2, 0.25) is 0 Å². The molecule has 0 aliphatic heterocycles. The van der Waals surface area contributed by atoms with Crippen LogP contribution < -0.4 is 16.8 Å². The summed E-state index contributed by atoms with van der Waals surface area (Å²) in [4.78, 5) is 33.2. The fourth-order valence-electron chi connectivity index (χ4n) is 1.47. The molecule has 0 aliphatic carbocycles. The van der Waals surface area contributed by atoms with E-state index in [0.29, 0.717) is 11.1 Å². The van der Waals surface area contributed by atoms with Crippen LogP contribution in [-0.2, 0) is 14.4 Å². The summed E-state index contributed by atoms with van der Waals surface area (Å²) < 4.78 is 36.1. The third-order valence-electron chi connectivity index (χ3n) is 2.86. The zero-order valence-electron chi connectivity index (χ0n) is 11.7. The number of primary amides is 2. The summed E-state index contributed by atoms with van der Waals surface area (Å²) in [6.45, 7) is 3.08. The second kappa shape index (κ2) is 7.65. The Labute approximate surface area is 119 Å². The summed E-state index contributed by atoms with van der Waals surface area (Å²) in [6.07, 6.45) is -6.18. The zero-order valence-corrected chi connectivity index (χ0v) is 11.7. The number of alkyl halides is 3. The number of allylic oxidation sites excluding steroid dienone is 1. The Bertz CT molecular complexity index is 458. The standard InChI is InChI=1S/C12H18F3N3O3/c1-6(7(2)10(16)20)3-4-8(11(17)21)18-9(19)5-12(13,14)15/h8H,3-5H2,1-2H3,(H2,16,20)(H2,17,21)(H,18,19). The first-order valence-corrected chi connectivity index (χ1v) is 6.05. The van der Waals surface area contributed by atoms with E-state index in [-0.39, 0.29) is 12.8 Å². The van der Waals surface area contributed by atoms with Crippen LogP contribution in [0.1, 0.15) is 33.1 Å². The highest BCUT2D eigenvalue weighted by molar-refractivity contribution is 5.92. The SMILES string of the molecule is CC(CCC(NC(=O)CC(F)(F)F)C(N)=O)=C(C)C(N)=O. The maximum atomic E-state index is 12.0. The molecular formula is C12H18F3N3O3. The number of rotatable bonds is 7. The summed E-state index contributed by atoms with van der Waals surface area (Å²) in [5, 5.41) is 1.92. The minimum Gasteiger partial charge on any atom is -0.368 e. The summed E-state index contributed by atoms with van der Waals surface area (Å²) in [5.41, 5.74) is 11.0. The van der Waals surface area contributed by atoms with E-state index in [1.54, 1.807) is 6.92 Å². The molecule has 0 fully saturated rings. The number of nitrogens with one attached hydrogen (secondary N) is 1. The molecule has 0 bridgehead atoms. The van der Waals surface area contributed by atoms with Gasteiger partial charge in [0.2, 0.25) is 17.7 Å². The van der Waals surface area contributed by atoms with Gasteiger partial charge in [0.1, 0.15) is 12.5 Å². The van der Waals surface area contributed by atoms with E-state index in [9.17, 15) is 27.6 Å². The van der Waals surface area contributed by atoms with Crippen molar-refractivity contribution in [3.63, 3.8) is 0 Å². The first-order valence-electron chi connectivity index (χ1n) is 6.05. The smallest absolute Gasteiger partial charge is 0.368 e. The van der Waals surface area contributed by atoms with Gasteiger partial charge < -0.3 is 16.8 Å². The fourth-order valence-corrected chi connectivity index (χ4v) is 1.47. The Kier molecular flexibility index (Phi) is 6.90. The van der Waals surface area contributed by atoms with Gasteiger partial charge in [-0.3, -0.25) is 14.4 Å². The molecule has 5 N–H and O–H groups in total. The quantitative estimate of drug-likeness (QED) is 0.595. The summed E-state index contributed by atoms with van der Waals surface area (Å²) in [5.74, 6) is -2.92. The van der Waals surface area contributed by atoms with Crippen LogP contribution in [0, 0.1) is 0 Å². The zero-order chi connectivity index (χ0) is 16.8. The molecule has 0 aromatic carbocycles. The van der Waals surface area contributed by atoms with Crippen LogP contribution in [-0.4, -0.2) is 29.9 Å². The molecule has 0 aromatic heterocycles. The predicted octanol–water partition coefficient (Wildman–Crippen LogP) is 0.511. The van der Waals surface area contributed by atoms with Crippen molar-refractivity contribution in [2.24, 2.45) is 11.5 Å². The lowest BCUT2D eigenvalue weighted by Crippen LogP contribution is -2.45. The van der Waals surface area contributed by atoms with Crippen molar-refractivity contribution in [2.45, 2.75) is 45.3 Å². The topological polar surface area (TPSA) is 115 Å². The maximum Gasteiger partial charge on any atom is 0.397 e. The molecule has 3 amide bonds. The molecular weight excluding hydrogens is 291 g/mol. The number of hydrogen-bond acceptors (Lipinski definition) is 3. The minimum absolute atomic E-state index is 0.0185. The minimum atomic E-state index is -4.66. The Hall–Kier alpha value is -2.06. The molecule has 9 heteroatoms. The average Bonchev–Trinajstić information content (AvgIpc) is 2.30. The second-order valence-corrected chi connectivity index (χ2v) is 4.62. The second-order valence-electron chi connectivity index (χ2n) is 4.62. The van der Waals surface area contributed by atoms with Crippen LogP contribution in [0.4, 0.5) is 13.2 Å². The molecule has 0 rings (SSSR count). The van der Waals surface area contributed by atoms with Gasteiger partial charge in [-0.15, -0.1) is 0 Å². The number of carbonyl (C=O) groups is 3. The Morgan fingerprint density at radius 2 is 1.67 bits per heavy atom. The highest BCUT2D eigenvalue weighted by atomic mass is 19.4. The normalized spacial score (nSPS) is 14.1. The Morgan fingerprint density at radius 1 is 1.14 bits per heavy atom. The van der Waals surface area contributed by atoms with Crippen molar-refractivity contribution in [2.75, 3.05) is 0 Å². The molecule has 6 nitrogen and oxygen atoms in total. The number of amides is 3. The van der Waals surface area contributed by atoms with Gasteiger partial charge in [0.25, 0.3) is 0 Å². The summed E-state index contributed by atoms with van der Waals surface area (Å²) in [7, 11) is 0. The van der Waals surface area contributed by atoms with Crippen molar-refractivity contribution < 1.29 is 27.6 Å². The number of halogens is 3. The molecule has 1 atom stereocenters. The van der Waals surface area contributed by atoms with Gasteiger partial charge in [0.15, 0.2) is 0 Å². The van der Waals surface area contributed by atoms with Crippen LogP contribution in [0.5, 0.6) is 0 Å². The van der Waals surface area contributed by atoms with Crippen LogP contribution in [0.15, 0.2) is 11.1 Å². The van der Waals surface area contributed by atoms with Gasteiger partial charge in [-0.25, -0.2) is 0 Å². The summed E-state index contributed by atoms with van der Waals surface area (Å²) >= 11 is 0. The monoisotopic (exact) mass is 309 g/mol. The van der Waals surface area contributed by atoms with E-state index >= 15 is 0 Å². The van der Waals surface area contributed by atoms with E-state index in [4.69, 9.17) is 11.5 Å².